The fourth-order valence-electron chi connectivity index (χ4n) is 1.96. The number of rotatable bonds is 4. The van der Waals surface area contributed by atoms with Gasteiger partial charge in [0.15, 0.2) is 0 Å². The van der Waals surface area contributed by atoms with Crippen molar-refractivity contribution in [2.24, 2.45) is 0 Å². The summed E-state index contributed by atoms with van der Waals surface area (Å²) in [7, 11) is 0. The monoisotopic (exact) mass is 301 g/mol. The maximum Gasteiger partial charge on any atom is 0.287 e. The Kier molecular flexibility index (Phi) is 4.41. The van der Waals surface area contributed by atoms with Gasteiger partial charge >= 0.3 is 0 Å². The van der Waals surface area contributed by atoms with Crippen molar-refractivity contribution in [2.75, 3.05) is 5.32 Å². The van der Waals surface area contributed by atoms with E-state index in [1.165, 1.54) is 12.1 Å². The van der Waals surface area contributed by atoms with Crippen LogP contribution < -0.4 is 5.32 Å². The number of nitrogens with one attached hydrogen (secondary N) is 1. The minimum absolute atomic E-state index is 0.0183. The standard InChI is InChI=1S/C15H12ClN3O2/c1-10(11-2-4-13(16)5-3-11)18-14-6-7-15(19(20)21)12(8-14)9-17/h2-8,10,18H,1H3. The lowest BCUT2D eigenvalue weighted by atomic mass is 10.1. The van der Waals surface area contributed by atoms with Crippen molar-refractivity contribution in [1.82, 2.24) is 0 Å². The topological polar surface area (TPSA) is 79.0 Å². The lowest BCUT2D eigenvalue weighted by molar-refractivity contribution is -0.385. The van der Waals surface area contributed by atoms with Gasteiger partial charge in [0.25, 0.3) is 5.69 Å². The molecule has 0 aliphatic carbocycles. The third-order valence-corrected chi connectivity index (χ3v) is 3.32. The molecular weight excluding hydrogens is 290 g/mol. The molecule has 0 amide bonds. The molecule has 0 aliphatic heterocycles. The second-order valence-corrected chi connectivity index (χ2v) is 4.95. The highest BCUT2D eigenvalue weighted by molar-refractivity contribution is 6.30. The first kappa shape index (κ1) is 14.8. The zero-order valence-electron chi connectivity index (χ0n) is 11.2. The lowest BCUT2D eigenvalue weighted by Gasteiger charge is -2.16. The number of hydrogen-bond donors (Lipinski definition) is 1. The molecule has 0 aromatic heterocycles. The van der Waals surface area contributed by atoms with Crippen LogP contribution in [0.2, 0.25) is 5.02 Å². The summed E-state index contributed by atoms with van der Waals surface area (Å²) < 4.78 is 0. The van der Waals surface area contributed by atoms with Gasteiger partial charge in [-0.1, -0.05) is 23.7 Å². The molecule has 0 saturated carbocycles. The molecular formula is C15H12ClN3O2. The van der Waals surface area contributed by atoms with Gasteiger partial charge in [-0.15, -0.1) is 0 Å². The molecule has 0 fully saturated rings. The molecule has 21 heavy (non-hydrogen) atoms. The maximum atomic E-state index is 10.8. The van der Waals surface area contributed by atoms with E-state index in [0.717, 1.165) is 5.56 Å². The molecule has 1 N–H and O–H groups in total. The molecule has 1 unspecified atom stereocenters. The smallest absolute Gasteiger partial charge is 0.287 e. The van der Waals surface area contributed by atoms with Gasteiger partial charge in [0.1, 0.15) is 11.6 Å². The molecule has 106 valence electrons. The Labute approximate surface area is 126 Å². The Balaban J connectivity index is 2.22. The minimum Gasteiger partial charge on any atom is -0.378 e. The normalized spacial score (nSPS) is 11.5. The van der Waals surface area contributed by atoms with E-state index in [1.54, 1.807) is 18.2 Å². The highest BCUT2D eigenvalue weighted by Crippen LogP contribution is 2.25. The van der Waals surface area contributed by atoms with E-state index in [2.05, 4.69) is 5.32 Å². The third kappa shape index (κ3) is 3.50. The van der Waals surface area contributed by atoms with Crippen molar-refractivity contribution >= 4 is 23.0 Å². The van der Waals surface area contributed by atoms with Crippen molar-refractivity contribution < 1.29 is 4.92 Å². The van der Waals surface area contributed by atoms with E-state index in [0.29, 0.717) is 10.7 Å². The van der Waals surface area contributed by atoms with E-state index in [9.17, 15) is 10.1 Å². The van der Waals surface area contributed by atoms with Crippen LogP contribution in [0.25, 0.3) is 0 Å². The zero-order chi connectivity index (χ0) is 15.4. The van der Waals surface area contributed by atoms with Gasteiger partial charge in [-0.25, -0.2) is 0 Å². The number of nitriles is 1. The second kappa shape index (κ2) is 6.25. The van der Waals surface area contributed by atoms with Gasteiger partial charge in [-0.3, -0.25) is 10.1 Å². The largest absolute Gasteiger partial charge is 0.378 e. The lowest BCUT2D eigenvalue weighted by Crippen LogP contribution is -2.07. The average Bonchev–Trinajstić information content (AvgIpc) is 2.47. The van der Waals surface area contributed by atoms with Crippen molar-refractivity contribution in [3.05, 3.63) is 68.7 Å². The zero-order valence-corrected chi connectivity index (χ0v) is 12.0. The number of nitro groups is 1. The third-order valence-electron chi connectivity index (χ3n) is 3.07. The van der Waals surface area contributed by atoms with Crippen LogP contribution in [0.4, 0.5) is 11.4 Å². The van der Waals surface area contributed by atoms with E-state index >= 15 is 0 Å². The molecule has 1 atom stereocenters. The summed E-state index contributed by atoms with van der Waals surface area (Å²) in [5.74, 6) is 0. The van der Waals surface area contributed by atoms with Gasteiger partial charge < -0.3 is 5.32 Å². The van der Waals surface area contributed by atoms with E-state index in [-0.39, 0.29) is 17.3 Å². The number of anilines is 1. The molecule has 0 bridgehead atoms. The van der Waals surface area contributed by atoms with Crippen LogP contribution in [0.15, 0.2) is 42.5 Å². The Bertz CT molecular complexity index is 708. The molecule has 0 aliphatic rings. The summed E-state index contributed by atoms with van der Waals surface area (Å²) in [6, 6.07) is 13.6. The summed E-state index contributed by atoms with van der Waals surface area (Å²) in [6.07, 6.45) is 0. The molecule has 0 saturated heterocycles. The molecule has 2 aromatic rings. The van der Waals surface area contributed by atoms with Gasteiger partial charge in [-0.2, -0.15) is 5.26 Å². The summed E-state index contributed by atoms with van der Waals surface area (Å²) in [4.78, 5) is 10.2. The molecule has 0 spiro atoms. The number of benzene rings is 2. The predicted molar refractivity (Wildman–Crippen MR) is 81.3 cm³/mol. The van der Waals surface area contributed by atoms with E-state index in [4.69, 9.17) is 16.9 Å². The van der Waals surface area contributed by atoms with Crippen molar-refractivity contribution in [1.29, 1.82) is 5.26 Å². The van der Waals surface area contributed by atoms with Crippen molar-refractivity contribution in [3.63, 3.8) is 0 Å². The maximum absolute atomic E-state index is 10.8. The summed E-state index contributed by atoms with van der Waals surface area (Å²) >= 11 is 5.84. The Morgan fingerprint density at radius 1 is 1.29 bits per heavy atom. The van der Waals surface area contributed by atoms with Crippen LogP contribution in [0.3, 0.4) is 0 Å². The van der Waals surface area contributed by atoms with Crippen LogP contribution in [-0.2, 0) is 0 Å². The predicted octanol–water partition coefficient (Wildman–Crippen LogP) is 4.29. The van der Waals surface area contributed by atoms with Crippen LogP contribution in [0, 0.1) is 21.4 Å². The second-order valence-electron chi connectivity index (χ2n) is 4.52. The number of halogens is 1. The van der Waals surface area contributed by atoms with Gasteiger partial charge in [-0.05, 0) is 36.8 Å². The van der Waals surface area contributed by atoms with Crippen molar-refractivity contribution in [2.45, 2.75) is 13.0 Å². The first-order chi connectivity index (χ1) is 10.0. The van der Waals surface area contributed by atoms with Gasteiger partial charge in [0.05, 0.1) is 4.92 Å². The average molecular weight is 302 g/mol. The first-order valence-corrected chi connectivity index (χ1v) is 6.59. The summed E-state index contributed by atoms with van der Waals surface area (Å²) in [5, 5.41) is 23.6. The highest BCUT2D eigenvalue weighted by Gasteiger charge is 2.14. The van der Waals surface area contributed by atoms with E-state index < -0.39 is 4.92 Å². The molecule has 6 heteroatoms. The molecule has 5 nitrogen and oxygen atoms in total. The SMILES string of the molecule is CC(Nc1ccc([N+](=O)[O-])c(C#N)c1)c1ccc(Cl)cc1. The molecule has 2 aromatic carbocycles. The van der Waals surface area contributed by atoms with Crippen LogP contribution in [0.1, 0.15) is 24.1 Å². The highest BCUT2D eigenvalue weighted by atomic mass is 35.5. The molecule has 2 rings (SSSR count). The van der Waals surface area contributed by atoms with Crippen LogP contribution in [-0.4, -0.2) is 4.92 Å². The fourth-order valence-corrected chi connectivity index (χ4v) is 2.09. The number of nitro benzene ring substituents is 1. The minimum atomic E-state index is -0.565. The van der Waals surface area contributed by atoms with E-state index in [1.807, 2.05) is 25.1 Å². The Morgan fingerprint density at radius 2 is 1.95 bits per heavy atom. The molecule has 0 radical (unpaired) electrons. The Hall–Kier alpha value is -2.58. The van der Waals surface area contributed by atoms with Gasteiger partial charge in [0.2, 0.25) is 0 Å². The quantitative estimate of drug-likeness (QED) is 0.674. The summed E-state index contributed by atoms with van der Waals surface area (Å²) in [5.41, 5.74) is 1.52. The summed E-state index contributed by atoms with van der Waals surface area (Å²) in [6.45, 7) is 1.96. The fraction of sp³-hybridized carbons (Fsp3) is 0.133. The van der Waals surface area contributed by atoms with Crippen molar-refractivity contribution in [3.8, 4) is 6.07 Å². The first-order valence-electron chi connectivity index (χ1n) is 6.22. The molecule has 0 heterocycles. The number of nitrogens with zero attached hydrogens (tertiary/aromatic N) is 2. The van der Waals surface area contributed by atoms with Crippen LogP contribution in [0.5, 0.6) is 0 Å². The Morgan fingerprint density at radius 3 is 2.52 bits per heavy atom. The van der Waals surface area contributed by atoms with Crippen LogP contribution >= 0.6 is 11.6 Å². The van der Waals surface area contributed by atoms with Gasteiger partial charge in [0, 0.05) is 22.8 Å². The number of hydrogen-bond acceptors (Lipinski definition) is 4.